The van der Waals surface area contributed by atoms with E-state index in [1.165, 1.54) is 7.11 Å². The van der Waals surface area contributed by atoms with Crippen molar-refractivity contribution in [3.05, 3.63) is 70.9 Å². The van der Waals surface area contributed by atoms with Crippen molar-refractivity contribution >= 4 is 12.0 Å². The van der Waals surface area contributed by atoms with Crippen LogP contribution in [0.2, 0.25) is 0 Å². The molecule has 0 spiro atoms. The number of rotatable bonds is 7. The molecule has 7 nitrogen and oxygen atoms in total. The van der Waals surface area contributed by atoms with Gasteiger partial charge in [0.15, 0.2) is 11.5 Å². The van der Waals surface area contributed by atoms with Crippen LogP contribution in [0.1, 0.15) is 31.0 Å². The van der Waals surface area contributed by atoms with Crippen LogP contribution in [0.15, 0.2) is 59.8 Å². The third kappa shape index (κ3) is 4.68. The molecular formula is C22H24N2O5. The summed E-state index contributed by atoms with van der Waals surface area (Å²) >= 11 is 0. The molecule has 1 heterocycles. The first-order chi connectivity index (χ1) is 14.0. The summed E-state index contributed by atoms with van der Waals surface area (Å²) in [6.45, 7) is 4.39. The highest BCUT2D eigenvalue weighted by atomic mass is 16.5. The van der Waals surface area contributed by atoms with E-state index >= 15 is 0 Å². The second kappa shape index (κ2) is 9.14. The summed E-state index contributed by atoms with van der Waals surface area (Å²) in [5, 5.41) is 5.38. The van der Waals surface area contributed by atoms with Crippen molar-refractivity contribution in [2.75, 3.05) is 13.7 Å². The number of carbonyl (C=O) groups is 2. The fourth-order valence-corrected chi connectivity index (χ4v) is 3.15. The standard InChI is InChI=1S/C22H24N2O5/c1-4-28-18-12-16(10-11-17(18)29-13-15-8-6-5-7-9-15)20-19(21(25)27-3)14(2)23-22(26)24-20/h5-12,20H,4,13H2,1-3H3,(H2,23,24,26). The molecule has 0 saturated carbocycles. The third-order valence-electron chi connectivity index (χ3n) is 4.51. The minimum absolute atomic E-state index is 0.340. The summed E-state index contributed by atoms with van der Waals surface area (Å²) in [6.07, 6.45) is 0. The van der Waals surface area contributed by atoms with Gasteiger partial charge in [-0.3, -0.25) is 0 Å². The number of ether oxygens (including phenoxy) is 3. The summed E-state index contributed by atoms with van der Waals surface area (Å²) in [6, 6.07) is 14.1. The van der Waals surface area contributed by atoms with Crippen LogP contribution in [0.5, 0.6) is 11.5 Å². The topological polar surface area (TPSA) is 85.9 Å². The molecule has 0 radical (unpaired) electrons. The second-order valence-electron chi connectivity index (χ2n) is 6.48. The van der Waals surface area contributed by atoms with E-state index in [1.807, 2.05) is 37.3 Å². The molecule has 1 aliphatic rings. The second-order valence-corrected chi connectivity index (χ2v) is 6.48. The maximum Gasteiger partial charge on any atom is 0.337 e. The van der Waals surface area contributed by atoms with Crippen LogP contribution in [-0.4, -0.2) is 25.7 Å². The van der Waals surface area contributed by atoms with Gasteiger partial charge in [-0.05, 0) is 37.1 Å². The fourth-order valence-electron chi connectivity index (χ4n) is 3.15. The van der Waals surface area contributed by atoms with E-state index in [0.717, 1.165) is 5.56 Å². The van der Waals surface area contributed by atoms with E-state index in [1.54, 1.807) is 25.1 Å². The van der Waals surface area contributed by atoms with Gasteiger partial charge in [0.2, 0.25) is 0 Å². The lowest BCUT2D eigenvalue weighted by Gasteiger charge is -2.28. The van der Waals surface area contributed by atoms with E-state index in [9.17, 15) is 9.59 Å². The SMILES string of the molecule is CCOc1cc(C2NC(=O)NC(C)=C2C(=O)OC)ccc1OCc1ccccc1. The van der Waals surface area contributed by atoms with E-state index in [4.69, 9.17) is 14.2 Å². The zero-order chi connectivity index (χ0) is 20.8. The van der Waals surface area contributed by atoms with Crippen molar-refractivity contribution in [2.45, 2.75) is 26.5 Å². The Kier molecular flexibility index (Phi) is 6.39. The van der Waals surface area contributed by atoms with Crippen molar-refractivity contribution in [3.8, 4) is 11.5 Å². The lowest BCUT2D eigenvalue weighted by molar-refractivity contribution is -0.136. The molecule has 7 heteroatoms. The predicted molar refractivity (Wildman–Crippen MR) is 108 cm³/mol. The highest BCUT2D eigenvalue weighted by Crippen LogP contribution is 2.35. The summed E-state index contributed by atoms with van der Waals surface area (Å²) < 4.78 is 16.6. The molecule has 1 aliphatic heterocycles. The molecule has 152 valence electrons. The van der Waals surface area contributed by atoms with Crippen LogP contribution in [0.3, 0.4) is 0 Å². The van der Waals surface area contributed by atoms with Gasteiger partial charge in [0.05, 0.1) is 25.3 Å². The van der Waals surface area contributed by atoms with Crippen LogP contribution in [0.25, 0.3) is 0 Å². The zero-order valence-corrected chi connectivity index (χ0v) is 16.7. The Morgan fingerprint density at radius 1 is 1.07 bits per heavy atom. The molecule has 2 N–H and O–H groups in total. The number of hydrogen-bond donors (Lipinski definition) is 2. The maximum absolute atomic E-state index is 12.3. The van der Waals surface area contributed by atoms with Crippen molar-refractivity contribution in [3.63, 3.8) is 0 Å². The molecule has 0 aromatic heterocycles. The Hall–Kier alpha value is -3.48. The third-order valence-corrected chi connectivity index (χ3v) is 4.51. The number of nitrogens with one attached hydrogen (secondary N) is 2. The molecule has 1 unspecified atom stereocenters. The quantitative estimate of drug-likeness (QED) is 0.700. The number of amides is 2. The number of carbonyl (C=O) groups excluding carboxylic acids is 2. The predicted octanol–water partition coefficient (Wildman–Crippen LogP) is 3.47. The molecule has 2 aromatic rings. The Balaban J connectivity index is 1.91. The van der Waals surface area contributed by atoms with Crippen molar-refractivity contribution in [1.29, 1.82) is 0 Å². The lowest BCUT2D eigenvalue weighted by atomic mass is 9.95. The molecule has 1 atom stereocenters. The van der Waals surface area contributed by atoms with E-state index in [0.29, 0.717) is 41.5 Å². The molecule has 2 aromatic carbocycles. The first-order valence-corrected chi connectivity index (χ1v) is 9.33. The minimum Gasteiger partial charge on any atom is -0.490 e. The molecule has 29 heavy (non-hydrogen) atoms. The van der Waals surface area contributed by atoms with E-state index in [2.05, 4.69) is 10.6 Å². The van der Waals surface area contributed by atoms with E-state index < -0.39 is 12.0 Å². The van der Waals surface area contributed by atoms with Crippen molar-refractivity contribution in [2.24, 2.45) is 0 Å². The van der Waals surface area contributed by atoms with Crippen molar-refractivity contribution in [1.82, 2.24) is 10.6 Å². The number of benzene rings is 2. The van der Waals surface area contributed by atoms with Gasteiger partial charge in [-0.1, -0.05) is 36.4 Å². The molecule has 0 saturated heterocycles. The molecule has 3 rings (SSSR count). The molecule has 0 aliphatic carbocycles. The van der Waals surface area contributed by atoms with Crippen molar-refractivity contribution < 1.29 is 23.8 Å². The van der Waals surface area contributed by atoms with Crippen LogP contribution in [-0.2, 0) is 16.1 Å². The Labute approximate surface area is 169 Å². The molecule has 0 bridgehead atoms. The van der Waals surface area contributed by atoms with Gasteiger partial charge < -0.3 is 24.8 Å². The smallest absolute Gasteiger partial charge is 0.337 e. The maximum atomic E-state index is 12.3. The highest BCUT2D eigenvalue weighted by Gasteiger charge is 2.32. The van der Waals surface area contributed by atoms with Gasteiger partial charge in [-0.15, -0.1) is 0 Å². The van der Waals surface area contributed by atoms with Gasteiger partial charge in [0, 0.05) is 5.70 Å². The van der Waals surface area contributed by atoms with Gasteiger partial charge in [0.1, 0.15) is 6.61 Å². The zero-order valence-electron chi connectivity index (χ0n) is 16.7. The van der Waals surface area contributed by atoms with Gasteiger partial charge in [-0.25, -0.2) is 9.59 Å². The fraction of sp³-hybridized carbons (Fsp3) is 0.273. The van der Waals surface area contributed by atoms with Crippen LogP contribution >= 0.6 is 0 Å². The first kappa shape index (κ1) is 20.3. The van der Waals surface area contributed by atoms with E-state index in [-0.39, 0.29) is 6.03 Å². The molecular weight excluding hydrogens is 372 g/mol. The van der Waals surface area contributed by atoms with Crippen LogP contribution in [0, 0.1) is 0 Å². The number of hydrogen-bond acceptors (Lipinski definition) is 5. The summed E-state index contributed by atoms with van der Waals surface area (Å²) in [7, 11) is 1.31. The summed E-state index contributed by atoms with van der Waals surface area (Å²) in [4.78, 5) is 24.3. The Bertz CT molecular complexity index is 924. The number of urea groups is 1. The number of allylic oxidation sites excluding steroid dienone is 1. The average molecular weight is 396 g/mol. The van der Waals surface area contributed by atoms with Gasteiger partial charge >= 0.3 is 12.0 Å². The number of esters is 1. The average Bonchev–Trinajstić information content (AvgIpc) is 2.72. The van der Waals surface area contributed by atoms with Crippen LogP contribution in [0.4, 0.5) is 4.79 Å². The Morgan fingerprint density at radius 2 is 1.83 bits per heavy atom. The normalized spacial score (nSPS) is 16.0. The number of methoxy groups -OCH3 is 1. The van der Waals surface area contributed by atoms with Crippen LogP contribution < -0.4 is 20.1 Å². The minimum atomic E-state index is -0.654. The monoisotopic (exact) mass is 396 g/mol. The lowest BCUT2D eigenvalue weighted by Crippen LogP contribution is -2.45. The van der Waals surface area contributed by atoms with Gasteiger partial charge in [-0.2, -0.15) is 0 Å². The summed E-state index contributed by atoms with van der Waals surface area (Å²) in [5.41, 5.74) is 2.52. The highest BCUT2D eigenvalue weighted by molar-refractivity contribution is 5.95. The Morgan fingerprint density at radius 3 is 2.52 bits per heavy atom. The van der Waals surface area contributed by atoms with Gasteiger partial charge in [0.25, 0.3) is 0 Å². The molecule has 0 fully saturated rings. The summed E-state index contributed by atoms with van der Waals surface area (Å²) in [5.74, 6) is 0.609. The molecule has 2 amide bonds. The first-order valence-electron chi connectivity index (χ1n) is 9.33. The largest absolute Gasteiger partial charge is 0.490 e.